The number of aryl methyl sites for hydroxylation is 3. The molecule has 1 aliphatic rings. The van der Waals surface area contributed by atoms with E-state index >= 15 is 0 Å². The Labute approximate surface area is 237 Å². The normalized spacial score (nSPS) is 12.9. The first-order valence-corrected chi connectivity index (χ1v) is 13.8. The molecule has 2 aromatic heterocycles. The Hall–Kier alpha value is -3.32. The fourth-order valence-corrected chi connectivity index (χ4v) is 5.74. The van der Waals surface area contributed by atoms with Gasteiger partial charge in [-0.3, -0.25) is 0 Å². The molecule has 0 unspecified atom stereocenters. The number of aromatic nitrogens is 3. The van der Waals surface area contributed by atoms with E-state index in [1.165, 1.54) is 5.56 Å². The van der Waals surface area contributed by atoms with Crippen molar-refractivity contribution in [2.45, 2.75) is 39.3 Å². The van der Waals surface area contributed by atoms with Gasteiger partial charge < -0.3 is 14.6 Å². The third-order valence-electron chi connectivity index (χ3n) is 6.99. The van der Waals surface area contributed by atoms with Gasteiger partial charge in [0.2, 0.25) is 0 Å². The van der Waals surface area contributed by atoms with Crippen LogP contribution in [0.5, 0.6) is 5.75 Å². The van der Waals surface area contributed by atoms with Gasteiger partial charge in [0, 0.05) is 23.4 Å². The highest BCUT2D eigenvalue weighted by Crippen LogP contribution is 2.39. The zero-order valence-corrected chi connectivity index (χ0v) is 23.2. The van der Waals surface area contributed by atoms with Gasteiger partial charge in [0.15, 0.2) is 5.82 Å². The lowest BCUT2D eigenvalue weighted by atomic mass is 9.98. The smallest absolute Gasteiger partial charge is 0.169 e. The van der Waals surface area contributed by atoms with Crippen LogP contribution in [0.15, 0.2) is 72.8 Å². The maximum atomic E-state index is 6.49. The number of benzene rings is 3. The van der Waals surface area contributed by atoms with E-state index < -0.39 is 0 Å². The fraction of sp³-hybridized carbons (Fsp3) is 0.200. The number of halogens is 2. The van der Waals surface area contributed by atoms with Crippen molar-refractivity contribution in [3.8, 4) is 16.9 Å². The molecule has 0 atom stereocenters. The van der Waals surface area contributed by atoms with Crippen LogP contribution in [0, 0.1) is 6.92 Å². The first-order chi connectivity index (χ1) is 18.5. The number of nitrogens with zero attached hydrogens (tertiary/aromatic N) is 3. The monoisotopic (exact) mass is 560 g/mol. The lowest BCUT2D eigenvalue weighted by molar-refractivity contribution is 0.288. The van der Waals surface area contributed by atoms with Crippen molar-refractivity contribution in [1.29, 1.82) is 0 Å². The summed E-state index contributed by atoms with van der Waals surface area (Å²) in [5, 5.41) is 9.60. The quantitative estimate of drug-likeness (QED) is 0.213. The highest BCUT2D eigenvalue weighted by atomic mass is 35.5. The summed E-state index contributed by atoms with van der Waals surface area (Å²) in [5.74, 6) is 1.68. The summed E-state index contributed by atoms with van der Waals surface area (Å²) in [6.45, 7) is 3.30. The zero-order valence-electron chi connectivity index (χ0n) is 20.9. The molecule has 3 aromatic carbocycles. The second-order valence-electron chi connectivity index (χ2n) is 9.46. The van der Waals surface area contributed by atoms with Gasteiger partial charge in [-0.05, 0) is 67.6 Å². The van der Waals surface area contributed by atoms with Gasteiger partial charge in [0.25, 0.3) is 0 Å². The molecule has 0 bridgehead atoms. The maximum Gasteiger partial charge on any atom is 0.169 e. The predicted molar refractivity (Wildman–Crippen MR) is 159 cm³/mol. The van der Waals surface area contributed by atoms with Crippen LogP contribution in [0.25, 0.3) is 16.8 Å². The van der Waals surface area contributed by atoms with Gasteiger partial charge in [-0.25, -0.2) is 4.52 Å². The molecule has 0 saturated carbocycles. The van der Waals surface area contributed by atoms with E-state index in [1.54, 1.807) is 0 Å². The van der Waals surface area contributed by atoms with Gasteiger partial charge >= 0.3 is 0 Å². The molecule has 38 heavy (non-hydrogen) atoms. The predicted octanol–water partition coefficient (Wildman–Crippen LogP) is 8.12. The Morgan fingerprint density at radius 2 is 1.79 bits per heavy atom. The van der Waals surface area contributed by atoms with E-state index in [-0.39, 0.29) is 0 Å². The molecule has 0 saturated heterocycles. The third-order valence-corrected chi connectivity index (χ3v) is 8.02. The van der Waals surface area contributed by atoms with Crippen molar-refractivity contribution in [3.63, 3.8) is 0 Å². The topological polar surface area (TPSA) is 43.5 Å². The first-order valence-electron chi connectivity index (χ1n) is 12.6. The summed E-state index contributed by atoms with van der Waals surface area (Å²) in [7, 11) is 0. The van der Waals surface area contributed by atoms with Crippen LogP contribution in [0.4, 0.5) is 5.69 Å². The number of anilines is 1. The number of hydrogen-bond donors (Lipinski definition) is 1. The van der Waals surface area contributed by atoms with Crippen LogP contribution in [0.3, 0.4) is 0 Å². The molecule has 3 heterocycles. The minimum absolute atomic E-state index is 0.366. The van der Waals surface area contributed by atoms with E-state index in [0.717, 1.165) is 71.1 Å². The van der Waals surface area contributed by atoms with Gasteiger partial charge in [0.05, 0.1) is 10.0 Å². The summed E-state index contributed by atoms with van der Waals surface area (Å²) < 4.78 is 10.4. The Balaban J connectivity index is 1.53. The molecule has 0 amide bonds. The second-order valence-corrected chi connectivity index (χ2v) is 10.7. The molecular formula is C30H26Cl2N4OS. The number of rotatable bonds is 6. The Bertz CT molecular complexity index is 1660. The van der Waals surface area contributed by atoms with Crippen LogP contribution < -0.4 is 10.1 Å². The number of nitrogens with one attached hydrogen (secondary N) is 1. The van der Waals surface area contributed by atoms with E-state index in [4.69, 9.17) is 45.3 Å². The molecule has 5 aromatic rings. The van der Waals surface area contributed by atoms with Gasteiger partial charge in [-0.15, -0.1) is 5.10 Å². The minimum atomic E-state index is 0.366. The lowest BCUT2D eigenvalue weighted by Gasteiger charge is -2.13. The van der Waals surface area contributed by atoms with E-state index in [9.17, 15) is 0 Å². The number of hydrogen-bond acceptors (Lipinski definition) is 3. The molecule has 0 aliphatic carbocycles. The molecule has 0 radical (unpaired) electrons. The average Bonchev–Trinajstić information content (AvgIpc) is 3.32. The highest BCUT2D eigenvalue weighted by Gasteiger charge is 2.29. The van der Waals surface area contributed by atoms with Crippen LogP contribution in [0.2, 0.25) is 10.0 Å². The maximum absolute atomic E-state index is 6.49. The van der Waals surface area contributed by atoms with Crippen molar-refractivity contribution >= 4 is 51.7 Å². The van der Waals surface area contributed by atoms with Crippen LogP contribution in [-0.4, -0.2) is 19.2 Å². The molecule has 1 N–H and O–H groups in total. The third kappa shape index (κ3) is 4.57. The molecule has 1 aliphatic heterocycles. The van der Waals surface area contributed by atoms with Gasteiger partial charge in [0.1, 0.15) is 28.7 Å². The zero-order chi connectivity index (χ0) is 26.2. The standard InChI is InChI=1S/C30H26Cl2N4OS/c1-19-9-5-6-13-25(19)33-29(38)28-27(20-14-15-23(31)24(32)17-20)22-12-7-8-16-35-26(34-36(28)30(22)35)18-37-21-10-3-2-4-11-21/h2-6,9-11,13-15,17H,7-8,12,16,18H2,1H3,(H,33,38). The molecule has 5 nitrogen and oxygen atoms in total. The van der Waals surface area contributed by atoms with Crippen LogP contribution >= 0.6 is 35.4 Å². The number of para-hydroxylation sites is 2. The highest BCUT2D eigenvalue weighted by molar-refractivity contribution is 7.81. The summed E-state index contributed by atoms with van der Waals surface area (Å²) in [6, 6.07) is 23.7. The van der Waals surface area contributed by atoms with Crippen molar-refractivity contribution < 1.29 is 4.74 Å². The largest absolute Gasteiger partial charge is 0.486 e. The molecule has 6 rings (SSSR count). The van der Waals surface area contributed by atoms with Gasteiger partial charge in [-0.1, -0.05) is 77.9 Å². The number of ether oxygens (including phenoxy) is 1. The van der Waals surface area contributed by atoms with Crippen molar-refractivity contribution in [1.82, 2.24) is 14.2 Å². The summed E-state index contributed by atoms with van der Waals surface area (Å²) in [4.78, 5) is 0.599. The molecule has 0 fully saturated rings. The fourth-order valence-electron chi connectivity index (χ4n) is 5.14. The molecule has 192 valence electrons. The van der Waals surface area contributed by atoms with Crippen LogP contribution in [-0.2, 0) is 19.6 Å². The van der Waals surface area contributed by atoms with Crippen molar-refractivity contribution in [2.75, 3.05) is 5.32 Å². The van der Waals surface area contributed by atoms with Crippen molar-refractivity contribution in [2.24, 2.45) is 0 Å². The number of thiocarbonyl (C=S) groups is 1. The Morgan fingerprint density at radius 3 is 2.58 bits per heavy atom. The Kier molecular flexibility index (Phi) is 6.87. The Morgan fingerprint density at radius 1 is 1.00 bits per heavy atom. The lowest BCUT2D eigenvalue weighted by Crippen LogP contribution is -2.15. The minimum Gasteiger partial charge on any atom is -0.486 e. The van der Waals surface area contributed by atoms with Crippen molar-refractivity contribution in [3.05, 3.63) is 105 Å². The molecule has 8 heteroatoms. The molecular weight excluding hydrogens is 535 g/mol. The second kappa shape index (κ2) is 10.4. The van der Waals surface area contributed by atoms with Crippen LogP contribution in [0.1, 0.15) is 35.5 Å². The average molecular weight is 562 g/mol. The summed E-state index contributed by atoms with van der Waals surface area (Å²) in [6.07, 6.45) is 3.03. The first kappa shape index (κ1) is 25.0. The van der Waals surface area contributed by atoms with Gasteiger partial charge in [-0.2, -0.15) is 0 Å². The summed E-state index contributed by atoms with van der Waals surface area (Å²) >= 11 is 18.9. The SMILES string of the molecule is Cc1ccccc1NC(=S)c1c(-c2ccc(Cl)c(Cl)c2)c2c3n(c(COc4ccccc4)nn13)CCCC2. The molecule has 0 spiro atoms. The van der Waals surface area contributed by atoms with E-state index in [1.807, 2.05) is 71.2 Å². The van der Waals surface area contributed by atoms with E-state index in [2.05, 4.69) is 22.9 Å². The van der Waals surface area contributed by atoms with E-state index in [0.29, 0.717) is 21.6 Å². The summed E-state index contributed by atoms with van der Waals surface area (Å²) in [5.41, 5.74) is 7.20.